The summed E-state index contributed by atoms with van der Waals surface area (Å²) in [5.74, 6) is 0. The van der Waals surface area contributed by atoms with Crippen molar-refractivity contribution in [1.82, 2.24) is 0 Å². The van der Waals surface area contributed by atoms with Gasteiger partial charge in [-0.1, -0.05) is 62.4 Å². The highest BCUT2D eigenvalue weighted by molar-refractivity contribution is 5.89. The molecule has 2 atom stereocenters. The van der Waals surface area contributed by atoms with Gasteiger partial charge in [0, 0.05) is 31.1 Å². The van der Waals surface area contributed by atoms with Gasteiger partial charge in [-0.3, -0.25) is 0 Å². The highest BCUT2D eigenvalue weighted by Gasteiger charge is 2.48. The Morgan fingerprint density at radius 2 is 1.23 bits per heavy atom. The molecule has 0 aromatic heterocycles. The van der Waals surface area contributed by atoms with Crippen LogP contribution in [0.15, 0.2) is 54.1 Å². The standard InChI is InChI=1S/C25H30N/c1-25(2)22-11-7-5-9-20(22)24(21-10-6-8-12-23(21)25)17-15-18-13-14-19(16-17)26(18,3)4/h5-12,18-19H,13-16H2,1-4H3/q+1. The average molecular weight is 345 g/mol. The molecule has 2 heterocycles. The number of quaternary nitrogens is 1. The fourth-order valence-electron chi connectivity index (χ4n) is 6.04. The molecule has 1 aliphatic carbocycles. The van der Waals surface area contributed by atoms with Crippen molar-refractivity contribution in [3.8, 4) is 0 Å². The number of rotatable bonds is 0. The van der Waals surface area contributed by atoms with Gasteiger partial charge in [0.05, 0.1) is 26.2 Å². The van der Waals surface area contributed by atoms with Crippen molar-refractivity contribution >= 4 is 5.57 Å². The molecule has 2 aliphatic heterocycles. The number of benzene rings is 2. The maximum atomic E-state index is 2.45. The Hall–Kier alpha value is -1.86. The summed E-state index contributed by atoms with van der Waals surface area (Å²) < 4.78 is 1.23. The molecular weight excluding hydrogens is 314 g/mol. The summed E-state index contributed by atoms with van der Waals surface area (Å²) in [7, 11) is 4.91. The van der Waals surface area contributed by atoms with Crippen LogP contribution in [0.1, 0.15) is 61.8 Å². The Morgan fingerprint density at radius 1 is 0.769 bits per heavy atom. The van der Waals surface area contributed by atoms with Crippen LogP contribution in [-0.4, -0.2) is 30.7 Å². The molecule has 134 valence electrons. The van der Waals surface area contributed by atoms with Gasteiger partial charge in [0.2, 0.25) is 0 Å². The third-order valence-electron chi connectivity index (χ3n) is 7.77. The van der Waals surface area contributed by atoms with Crippen LogP contribution in [0.5, 0.6) is 0 Å². The van der Waals surface area contributed by atoms with Gasteiger partial charge in [0.1, 0.15) is 0 Å². The number of piperidine rings is 1. The molecule has 3 aliphatic rings. The largest absolute Gasteiger partial charge is 0.323 e. The highest BCUT2D eigenvalue weighted by atomic mass is 15.4. The summed E-state index contributed by atoms with van der Waals surface area (Å²) in [6.45, 7) is 4.77. The predicted octanol–water partition coefficient (Wildman–Crippen LogP) is 5.53. The fraction of sp³-hybridized carbons (Fsp3) is 0.440. The van der Waals surface area contributed by atoms with Crippen LogP contribution in [0.2, 0.25) is 0 Å². The zero-order chi connectivity index (χ0) is 18.1. The van der Waals surface area contributed by atoms with E-state index >= 15 is 0 Å². The summed E-state index contributed by atoms with van der Waals surface area (Å²) >= 11 is 0. The summed E-state index contributed by atoms with van der Waals surface area (Å²) in [5.41, 5.74) is 9.30. The van der Waals surface area contributed by atoms with E-state index in [2.05, 4.69) is 76.5 Å². The monoisotopic (exact) mass is 344 g/mol. The summed E-state index contributed by atoms with van der Waals surface area (Å²) in [5, 5.41) is 0. The zero-order valence-electron chi connectivity index (χ0n) is 16.5. The van der Waals surface area contributed by atoms with E-state index in [1.165, 1.54) is 52.4 Å². The van der Waals surface area contributed by atoms with E-state index in [1.807, 2.05) is 0 Å². The molecule has 2 unspecified atom stereocenters. The molecule has 1 nitrogen and oxygen atoms in total. The molecule has 26 heavy (non-hydrogen) atoms. The lowest BCUT2D eigenvalue weighted by molar-refractivity contribution is -0.928. The first-order chi connectivity index (χ1) is 12.4. The van der Waals surface area contributed by atoms with Crippen molar-refractivity contribution in [3.63, 3.8) is 0 Å². The molecular formula is C25H30N+. The van der Waals surface area contributed by atoms with Gasteiger partial charge in [0.25, 0.3) is 0 Å². The first-order valence-electron chi connectivity index (χ1n) is 10.2. The predicted molar refractivity (Wildman–Crippen MR) is 109 cm³/mol. The lowest BCUT2D eigenvalue weighted by Crippen LogP contribution is -2.53. The van der Waals surface area contributed by atoms with Crippen LogP contribution in [0, 0.1) is 0 Å². The van der Waals surface area contributed by atoms with Crippen molar-refractivity contribution < 1.29 is 4.48 Å². The molecule has 2 bridgehead atoms. The van der Waals surface area contributed by atoms with Crippen LogP contribution >= 0.6 is 0 Å². The lowest BCUT2D eigenvalue weighted by Gasteiger charge is -2.44. The van der Waals surface area contributed by atoms with Crippen molar-refractivity contribution in [1.29, 1.82) is 0 Å². The summed E-state index contributed by atoms with van der Waals surface area (Å²) in [6, 6.07) is 19.9. The Kier molecular flexibility index (Phi) is 3.35. The van der Waals surface area contributed by atoms with Gasteiger partial charge < -0.3 is 4.48 Å². The Morgan fingerprint density at radius 3 is 1.73 bits per heavy atom. The molecule has 2 fully saturated rings. The van der Waals surface area contributed by atoms with Crippen LogP contribution < -0.4 is 0 Å². The van der Waals surface area contributed by atoms with E-state index in [0.717, 1.165) is 12.1 Å². The first-order valence-corrected chi connectivity index (χ1v) is 10.2. The maximum Gasteiger partial charge on any atom is 0.0928 e. The van der Waals surface area contributed by atoms with Gasteiger partial charge in [-0.05, 0) is 33.4 Å². The van der Waals surface area contributed by atoms with Crippen molar-refractivity contribution in [2.45, 2.75) is 57.0 Å². The number of hydrogen-bond acceptors (Lipinski definition) is 0. The second kappa shape index (κ2) is 5.33. The molecule has 5 rings (SSSR count). The zero-order valence-corrected chi connectivity index (χ0v) is 16.5. The van der Waals surface area contributed by atoms with E-state index in [1.54, 1.807) is 11.1 Å². The number of nitrogens with zero attached hydrogens (tertiary/aromatic N) is 1. The third kappa shape index (κ3) is 2.07. The Balaban J connectivity index is 1.77. The van der Waals surface area contributed by atoms with E-state index in [0.29, 0.717) is 0 Å². The SMILES string of the molecule is CC1(C)c2ccccc2C(=C2CC3CCC(C2)[N+]3(C)C)c2ccccc21. The Labute approximate surface area is 157 Å². The quantitative estimate of drug-likeness (QED) is 0.551. The third-order valence-corrected chi connectivity index (χ3v) is 7.77. The first kappa shape index (κ1) is 16.3. The van der Waals surface area contributed by atoms with Gasteiger partial charge in [-0.2, -0.15) is 0 Å². The van der Waals surface area contributed by atoms with Gasteiger partial charge >= 0.3 is 0 Å². The normalized spacial score (nSPS) is 27.8. The molecule has 2 aromatic rings. The maximum absolute atomic E-state index is 2.45. The fourth-order valence-corrected chi connectivity index (χ4v) is 6.04. The molecule has 2 aromatic carbocycles. The molecule has 0 spiro atoms. The lowest BCUT2D eigenvalue weighted by atomic mass is 9.66. The molecule has 0 saturated carbocycles. The highest BCUT2D eigenvalue weighted by Crippen LogP contribution is 2.51. The summed E-state index contributed by atoms with van der Waals surface area (Å²) in [6.07, 6.45) is 5.32. The molecule has 1 heteroatoms. The van der Waals surface area contributed by atoms with Gasteiger partial charge in [-0.15, -0.1) is 0 Å². The summed E-state index contributed by atoms with van der Waals surface area (Å²) in [4.78, 5) is 0. The van der Waals surface area contributed by atoms with Crippen LogP contribution in [-0.2, 0) is 5.41 Å². The van der Waals surface area contributed by atoms with E-state index in [-0.39, 0.29) is 5.41 Å². The van der Waals surface area contributed by atoms with Crippen LogP contribution in [0.4, 0.5) is 0 Å². The Bertz CT molecular complexity index is 846. The minimum atomic E-state index is 0.0697. The number of fused-ring (bicyclic) bond motifs is 4. The average Bonchev–Trinajstić information content (AvgIpc) is 2.79. The molecule has 0 radical (unpaired) electrons. The molecule has 2 saturated heterocycles. The smallest absolute Gasteiger partial charge is 0.0928 e. The second-order valence-electron chi connectivity index (χ2n) is 9.62. The van der Waals surface area contributed by atoms with E-state index in [4.69, 9.17) is 0 Å². The van der Waals surface area contributed by atoms with Crippen molar-refractivity contribution in [3.05, 3.63) is 76.4 Å². The topological polar surface area (TPSA) is 0 Å². The van der Waals surface area contributed by atoms with E-state index in [9.17, 15) is 0 Å². The van der Waals surface area contributed by atoms with Gasteiger partial charge in [-0.25, -0.2) is 0 Å². The minimum Gasteiger partial charge on any atom is -0.323 e. The minimum absolute atomic E-state index is 0.0697. The molecule has 0 N–H and O–H groups in total. The molecule has 0 amide bonds. The van der Waals surface area contributed by atoms with Crippen molar-refractivity contribution in [2.75, 3.05) is 14.1 Å². The van der Waals surface area contributed by atoms with Crippen LogP contribution in [0.3, 0.4) is 0 Å². The van der Waals surface area contributed by atoms with Crippen molar-refractivity contribution in [2.24, 2.45) is 0 Å². The van der Waals surface area contributed by atoms with E-state index < -0.39 is 0 Å². The second-order valence-corrected chi connectivity index (χ2v) is 9.62. The van der Waals surface area contributed by atoms with Gasteiger partial charge in [0.15, 0.2) is 0 Å². The van der Waals surface area contributed by atoms with Crippen LogP contribution in [0.25, 0.3) is 5.57 Å². The number of hydrogen-bond donors (Lipinski definition) is 0.